The van der Waals surface area contributed by atoms with E-state index in [2.05, 4.69) is 0 Å². The molecule has 3 heteroatoms. The molecule has 0 aliphatic heterocycles. The van der Waals surface area contributed by atoms with Crippen LogP contribution in [0.3, 0.4) is 0 Å². The predicted molar refractivity (Wildman–Crippen MR) is 95.9 cm³/mol. The number of rotatable bonds is 5. The van der Waals surface area contributed by atoms with Gasteiger partial charge in [0.15, 0.2) is 11.6 Å². The van der Waals surface area contributed by atoms with Gasteiger partial charge in [0, 0.05) is 16.7 Å². The van der Waals surface area contributed by atoms with Gasteiger partial charge in [-0.1, -0.05) is 60.7 Å². The van der Waals surface area contributed by atoms with Crippen LogP contribution in [0.5, 0.6) is 0 Å². The Hall–Kier alpha value is -3.33. The van der Waals surface area contributed by atoms with E-state index < -0.39 is 5.82 Å². The molecule has 3 rings (SSSR count). The molecular formula is C22H15FO2. The Morgan fingerprint density at radius 2 is 1.16 bits per heavy atom. The zero-order valence-corrected chi connectivity index (χ0v) is 13.4. The van der Waals surface area contributed by atoms with E-state index in [0.717, 1.165) is 0 Å². The third kappa shape index (κ3) is 3.96. The summed E-state index contributed by atoms with van der Waals surface area (Å²) in [6.07, 6.45) is 1.32. The molecule has 3 aromatic rings. The van der Waals surface area contributed by atoms with Crippen molar-refractivity contribution >= 4 is 17.1 Å². The van der Waals surface area contributed by atoms with Crippen molar-refractivity contribution in [1.82, 2.24) is 0 Å². The minimum absolute atomic E-state index is 0.234. The molecule has 0 unspecified atom stereocenters. The van der Waals surface area contributed by atoms with E-state index in [-0.39, 0.29) is 11.6 Å². The lowest BCUT2D eigenvalue weighted by atomic mass is 9.94. The highest BCUT2D eigenvalue weighted by Gasteiger charge is 2.16. The van der Waals surface area contributed by atoms with Crippen LogP contribution < -0.4 is 0 Å². The molecular weight excluding hydrogens is 315 g/mol. The van der Waals surface area contributed by atoms with Gasteiger partial charge in [-0.3, -0.25) is 9.59 Å². The summed E-state index contributed by atoms with van der Waals surface area (Å²) in [7, 11) is 0. The lowest BCUT2D eigenvalue weighted by molar-refractivity contribution is 0.102. The first-order chi connectivity index (χ1) is 12.1. The first kappa shape index (κ1) is 16.5. The van der Waals surface area contributed by atoms with E-state index in [1.54, 1.807) is 36.4 Å². The molecule has 0 heterocycles. The Morgan fingerprint density at radius 3 is 1.72 bits per heavy atom. The molecule has 0 spiro atoms. The minimum Gasteiger partial charge on any atom is -0.289 e. The number of ketones is 2. The zero-order valence-electron chi connectivity index (χ0n) is 13.4. The molecule has 0 aliphatic carbocycles. The van der Waals surface area contributed by atoms with Crippen LogP contribution in [0.25, 0.3) is 5.57 Å². The van der Waals surface area contributed by atoms with Crippen LogP contribution >= 0.6 is 0 Å². The van der Waals surface area contributed by atoms with Crippen molar-refractivity contribution in [3.05, 3.63) is 114 Å². The summed E-state index contributed by atoms with van der Waals surface area (Å²) in [5.74, 6) is -0.991. The Kier molecular flexibility index (Phi) is 4.95. The van der Waals surface area contributed by atoms with Crippen LogP contribution in [0.2, 0.25) is 0 Å². The fourth-order valence-electron chi connectivity index (χ4n) is 2.47. The number of benzene rings is 3. The molecule has 2 nitrogen and oxygen atoms in total. The van der Waals surface area contributed by atoms with E-state index in [1.165, 1.54) is 30.3 Å². The second kappa shape index (κ2) is 7.49. The molecule has 0 atom stereocenters. The van der Waals surface area contributed by atoms with Crippen molar-refractivity contribution in [1.29, 1.82) is 0 Å². The van der Waals surface area contributed by atoms with E-state index in [9.17, 15) is 14.0 Å². The van der Waals surface area contributed by atoms with Crippen molar-refractivity contribution < 1.29 is 14.0 Å². The van der Waals surface area contributed by atoms with Crippen molar-refractivity contribution in [2.24, 2.45) is 0 Å². The molecule has 0 N–H and O–H groups in total. The lowest BCUT2D eigenvalue weighted by Gasteiger charge is -2.07. The largest absolute Gasteiger partial charge is 0.289 e. The van der Waals surface area contributed by atoms with Crippen LogP contribution in [0.1, 0.15) is 26.3 Å². The van der Waals surface area contributed by atoms with Gasteiger partial charge in [0.2, 0.25) is 0 Å². The van der Waals surface area contributed by atoms with Gasteiger partial charge >= 0.3 is 0 Å². The quantitative estimate of drug-likeness (QED) is 0.489. The number of Topliss-reactive ketones (excluding diaryl/α,β-unsaturated/α-hetero) is 1. The minimum atomic E-state index is -0.413. The molecule has 0 radical (unpaired) electrons. The number of hydrogen-bond donors (Lipinski definition) is 0. The van der Waals surface area contributed by atoms with Crippen molar-refractivity contribution in [2.45, 2.75) is 0 Å². The van der Waals surface area contributed by atoms with Crippen LogP contribution in [0.4, 0.5) is 4.39 Å². The topological polar surface area (TPSA) is 34.1 Å². The number of allylic oxidation sites excluding steroid dienone is 2. The average Bonchev–Trinajstić information content (AvgIpc) is 2.67. The molecule has 0 aromatic heterocycles. The number of carbonyl (C=O) groups excluding carboxylic acids is 2. The summed E-state index contributed by atoms with van der Waals surface area (Å²) in [5.41, 5.74) is 1.80. The maximum atomic E-state index is 13.0. The van der Waals surface area contributed by atoms with Crippen molar-refractivity contribution in [3.63, 3.8) is 0 Å². The normalized spacial score (nSPS) is 11.2. The van der Waals surface area contributed by atoms with Crippen LogP contribution in [-0.4, -0.2) is 11.6 Å². The van der Waals surface area contributed by atoms with Crippen molar-refractivity contribution in [2.75, 3.05) is 0 Å². The van der Waals surface area contributed by atoms with Gasteiger partial charge in [0.1, 0.15) is 5.82 Å². The highest BCUT2D eigenvalue weighted by atomic mass is 19.1. The number of halogens is 1. The monoisotopic (exact) mass is 330 g/mol. The average molecular weight is 330 g/mol. The van der Waals surface area contributed by atoms with Gasteiger partial charge in [-0.05, 0) is 35.9 Å². The maximum Gasteiger partial charge on any atom is 0.193 e. The summed E-state index contributed by atoms with van der Waals surface area (Å²) in [6, 6.07) is 23.1. The van der Waals surface area contributed by atoms with E-state index in [4.69, 9.17) is 0 Å². The van der Waals surface area contributed by atoms with Crippen LogP contribution in [-0.2, 0) is 0 Å². The van der Waals surface area contributed by atoms with Gasteiger partial charge in [-0.25, -0.2) is 4.39 Å². The summed E-state index contributed by atoms with van der Waals surface area (Å²) >= 11 is 0. The third-order valence-electron chi connectivity index (χ3n) is 3.77. The zero-order chi connectivity index (χ0) is 17.6. The Balaban J connectivity index is 2.03. The fourth-order valence-corrected chi connectivity index (χ4v) is 2.47. The molecule has 3 aromatic carbocycles. The van der Waals surface area contributed by atoms with Gasteiger partial charge in [0.25, 0.3) is 0 Å². The summed E-state index contributed by atoms with van der Waals surface area (Å²) in [5, 5.41) is 0. The molecule has 122 valence electrons. The van der Waals surface area contributed by atoms with Gasteiger partial charge in [-0.2, -0.15) is 0 Å². The lowest BCUT2D eigenvalue weighted by Crippen LogP contribution is -2.06. The fraction of sp³-hybridized carbons (Fsp3) is 0. The number of carbonyl (C=O) groups is 2. The molecule has 0 amide bonds. The Bertz CT molecular complexity index is 911. The second-order valence-electron chi connectivity index (χ2n) is 5.49. The summed E-state index contributed by atoms with van der Waals surface area (Å²) in [6.45, 7) is 0. The number of hydrogen-bond acceptors (Lipinski definition) is 2. The third-order valence-corrected chi connectivity index (χ3v) is 3.77. The van der Waals surface area contributed by atoms with Gasteiger partial charge in [-0.15, -0.1) is 0 Å². The van der Waals surface area contributed by atoms with E-state index >= 15 is 0 Å². The maximum absolute atomic E-state index is 13.0. The SMILES string of the molecule is O=C(C=C(C(=O)c1ccccc1)c1ccccc1)c1ccc(F)cc1. The van der Waals surface area contributed by atoms with Gasteiger partial charge < -0.3 is 0 Å². The first-order valence-corrected chi connectivity index (χ1v) is 7.82. The molecule has 0 saturated carbocycles. The highest BCUT2D eigenvalue weighted by Crippen LogP contribution is 2.21. The smallest absolute Gasteiger partial charge is 0.193 e. The Morgan fingerprint density at radius 1 is 0.640 bits per heavy atom. The van der Waals surface area contributed by atoms with E-state index in [1.807, 2.05) is 24.3 Å². The van der Waals surface area contributed by atoms with Crippen LogP contribution in [0, 0.1) is 5.82 Å². The Labute approximate surface area is 145 Å². The van der Waals surface area contributed by atoms with Crippen molar-refractivity contribution in [3.8, 4) is 0 Å². The summed E-state index contributed by atoms with van der Waals surface area (Å²) < 4.78 is 13.0. The molecule has 0 bridgehead atoms. The second-order valence-corrected chi connectivity index (χ2v) is 5.49. The predicted octanol–water partition coefficient (Wildman–Crippen LogP) is 4.97. The summed E-state index contributed by atoms with van der Waals surface area (Å²) in [4.78, 5) is 25.4. The molecule has 25 heavy (non-hydrogen) atoms. The molecule has 0 fully saturated rings. The molecule has 0 saturated heterocycles. The van der Waals surface area contributed by atoms with Crippen LogP contribution in [0.15, 0.2) is 91.0 Å². The first-order valence-electron chi connectivity index (χ1n) is 7.82. The molecule has 0 aliphatic rings. The standard InChI is InChI=1S/C22H15FO2/c23-19-13-11-17(12-14-19)21(24)15-20(16-7-3-1-4-8-16)22(25)18-9-5-2-6-10-18/h1-15H. The van der Waals surface area contributed by atoms with E-state index in [0.29, 0.717) is 22.3 Å². The van der Waals surface area contributed by atoms with Gasteiger partial charge in [0.05, 0.1) is 0 Å². The highest BCUT2D eigenvalue weighted by molar-refractivity contribution is 6.32.